The number of thiophene rings is 1. The Morgan fingerprint density at radius 3 is 2.60 bits per heavy atom. The van der Waals surface area contributed by atoms with E-state index in [2.05, 4.69) is 46.5 Å². The number of aryl methyl sites for hydroxylation is 1. The van der Waals surface area contributed by atoms with Crippen LogP contribution in [0.1, 0.15) is 22.7 Å². The molecule has 140 valence electrons. The van der Waals surface area contributed by atoms with E-state index in [0.29, 0.717) is 6.04 Å². The molecule has 6 nitrogen and oxygen atoms in total. The van der Waals surface area contributed by atoms with Crippen LogP contribution < -0.4 is 10.6 Å². The fourth-order valence-electron chi connectivity index (χ4n) is 3.19. The predicted octanol–water partition coefficient (Wildman–Crippen LogP) is 1.63. The molecule has 2 aliphatic rings. The number of guanidine groups is 1. The largest absolute Gasteiger partial charge is 0.380 e. The molecule has 3 heterocycles. The monoisotopic (exact) mass is 366 g/mol. The number of morpholine rings is 1. The van der Waals surface area contributed by atoms with Crippen LogP contribution in [-0.2, 0) is 9.47 Å². The van der Waals surface area contributed by atoms with E-state index in [0.717, 1.165) is 58.6 Å². The Morgan fingerprint density at radius 2 is 2.04 bits per heavy atom. The van der Waals surface area contributed by atoms with Gasteiger partial charge < -0.3 is 20.1 Å². The third-order valence-electron chi connectivity index (χ3n) is 4.85. The summed E-state index contributed by atoms with van der Waals surface area (Å²) < 4.78 is 10.9. The maximum absolute atomic E-state index is 5.53. The lowest BCUT2D eigenvalue weighted by molar-refractivity contribution is -0.0971. The van der Waals surface area contributed by atoms with Crippen molar-refractivity contribution in [3.63, 3.8) is 0 Å². The Balaban J connectivity index is 1.58. The summed E-state index contributed by atoms with van der Waals surface area (Å²) in [5, 5.41) is 6.96. The van der Waals surface area contributed by atoms with Gasteiger partial charge in [0, 0.05) is 48.4 Å². The molecular weight excluding hydrogens is 336 g/mol. The summed E-state index contributed by atoms with van der Waals surface area (Å²) in [6, 6.07) is 4.81. The van der Waals surface area contributed by atoms with Crippen molar-refractivity contribution in [1.82, 2.24) is 15.5 Å². The molecule has 0 aliphatic carbocycles. The Hall–Kier alpha value is -1.15. The van der Waals surface area contributed by atoms with E-state index in [4.69, 9.17) is 9.47 Å². The minimum atomic E-state index is 0.228. The Morgan fingerprint density at radius 1 is 1.28 bits per heavy atom. The molecule has 25 heavy (non-hydrogen) atoms. The molecule has 0 radical (unpaired) electrons. The maximum atomic E-state index is 5.53. The third kappa shape index (κ3) is 4.94. The molecule has 0 amide bonds. The SMILES string of the molecule is CN=C(NCC(c1ccc(C)s1)N1CCOCC1)NCC1(C)COC1. The third-order valence-corrected chi connectivity index (χ3v) is 5.95. The molecule has 3 rings (SSSR count). The molecule has 1 unspecified atom stereocenters. The highest BCUT2D eigenvalue weighted by molar-refractivity contribution is 7.12. The molecule has 0 bridgehead atoms. The Labute approximate surface area is 154 Å². The van der Waals surface area contributed by atoms with Crippen molar-refractivity contribution < 1.29 is 9.47 Å². The van der Waals surface area contributed by atoms with Gasteiger partial charge >= 0.3 is 0 Å². The van der Waals surface area contributed by atoms with E-state index in [-0.39, 0.29) is 5.41 Å². The molecular formula is C18H30N4O2S. The Kier molecular flexibility index (Phi) is 6.33. The first-order valence-electron chi connectivity index (χ1n) is 9.00. The zero-order valence-corrected chi connectivity index (χ0v) is 16.3. The number of hydrogen-bond donors (Lipinski definition) is 2. The average molecular weight is 367 g/mol. The van der Waals surface area contributed by atoms with Gasteiger partial charge in [-0.3, -0.25) is 9.89 Å². The van der Waals surface area contributed by atoms with Crippen molar-refractivity contribution in [1.29, 1.82) is 0 Å². The van der Waals surface area contributed by atoms with Crippen LogP contribution in [0.3, 0.4) is 0 Å². The molecule has 1 aromatic rings. The van der Waals surface area contributed by atoms with Gasteiger partial charge in [0.1, 0.15) is 0 Å². The highest BCUT2D eigenvalue weighted by Gasteiger charge is 2.33. The highest BCUT2D eigenvalue weighted by atomic mass is 32.1. The molecule has 0 spiro atoms. The molecule has 2 aliphatic heterocycles. The normalized spacial score (nSPS) is 22.3. The van der Waals surface area contributed by atoms with Crippen molar-refractivity contribution in [3.05, 3.63) is 21.9 Å². The minimum Gasteiger partial charge on any atom is -0.380 e. The van der Waals surface area contributed by atoms with Crippen molar-refractivity contribution in [2.45, 2.75) is 19.9 Å². The lowest BCUT2D eigenvalue weighted by Crippen LogP contribution is -2.52. The smallest absolute Gasteiger partial charge is 0.191 e. The van der Waals surface area contributed by atoms with E-state index >= 15 is 0 Å². The summed E-state index contributed by atoms with van der Waals surface area (Å²) in [7, 11) is 1.83. The van der Waals surface area contributed by atoms with Crippen LogP contribution in [-0.4, -0.2) is 70.5 Å². The minimum absolute atomic E-state index is 0.228. The zero-order valence-electron chi connectivity index (χ0n) is 15.5. The first-order valence-corrected chi connectivity index (χ1v) is 9.82. The van der Waals surface area contributed by atoms with Gasteiger partial charge in [0.05, 0.1) is 32.5 Å². The number of nitrogens with zero attached hydrogens (tertiary/aromatic N) is 2. The fourth-order valence-corrected chi connectivity index (χ4v) is 4.21. The van der Waals surface area contributed by atoms with Gasteiger partial charge in [-0.2, -0.15) is 0 Å². The van der Waals surface area contributed by atoms with Crippen molar-refractivity contribution in [2.24, 2.45) is 10.4 Å². The summed E-state index contributed by atoms with van der Waals surface area (Å²) in [5.41, 5.74) is 0.228. The highest BCUT2D eigenvalue weighted by Crippen LogP contribution is 2.28. The van der Waals surface area contributed by atoms with E-state index < -0.39 is 0 Å². The van der Waals surface area contributed by atoms with Gasteiger partial charge in [-0.05, 0) is 19.1 Å². The summed E-state index contributed by atoms with van der Waals surface area (Å²) in [6.07, 6.45) is 0. The van der Waals surface area contributed by atoms with Crippen LogP contribution in [0, 0.1) is 12.3 Å². The lowest BCUT2D eigenvalue weighted by atomic mass is 9.89. The fraction of sp³-hybridized carbons (Fsp3) is 0.722. The van der Waals surface area contributed by atoms with Crippen LogP contribution in [0.4, 0.5) is 0 Å². The van der Waals surface area contributed by atoms with Crippen molar-refractivity contribution >= 4 is 17.3 Å². The molecule has 1 atom stereocenters. The van der Waals surface area contributed by atoms with E-state index in [1.54, 1.807) is 0 Å². The van der Waals surface area contributed by atoms with Crippen LogP contribution in [0.15, 0.2) is 17.1 Å². The van der Waals surface area contributed by atoms with E-state index in [1.807, 2.05) is 18.4 Å². The molecule has 0 aromatic carbocycles. The van der Waals surface area contributed by atoms with Gasteiger partial charge in [0.25, 0.3) is 0 Å². The van der Waals surface area contributed by atoms with Gasteiger partial charge in [0.15, 0.2) is 5.96 Å². The summed E-state index contributed by atoms with van der Waals surface area (Å²) in [4.78, 5) is 9.65. The number of hydrogen-bond acceptors (Lipinski definition) is 5. The summed E-state index contributed by atoms with van der Waals surface area (Å²) >= 11 is 1.88. The molecule has 2 N–H and O–H groups in total. The lowest BCUT2D eigenvalue weighted by Gasteiger charge is -2.38. The van der Waals surface area contributed by atoms with Crippen LogP contribution >= 0.6 is 11.3 Å². The first kappa shape index (κ1) is 18.6. The first-order chi connectivity index (χ1) is 12.1. The second-order valence-corrected chi connectivity index (χ2v) is 8.54. The number of rotatable bonds is 6. The van der Waals surface area contributed by atoms with Gasteiger partial charge in [-0.25, -0.2) is 0 Å². The van der Waals surface area contributed by atoms with Crippen molar-refractivity contribution in [2.75, 3.05) is 59.7 Å². The second-order valence-electron chi connectivity index (χ2n) is 7.22. The molecule has 7 heteroatoms. The van der Waals surface area contributed by atoms with Crippen molar-refractivity contribution in [3.8, 4) is 0 Å². The molecule has 0 saturated carbocycles. The van der Waals surface area contributed by atoms with Crippen LogP contribution in [0.5, 0.6) is 0 Å². The van der Waals surface area contributed by atoms with E-state index in [9.17, 15) is 0 Å². The quantitative estimate of drug-likeness (QED) is 0.592. The van der Waals surface area contributed by atoms with Crippen LogP contribution in [0.25, 0.3) is 0 Å². The average Bonchev–Trinajstić information content (AvgIpc) is 3.03. The number of nitrogens with one attached hydrogen (secondary N) is 2. The summed E-state index contributed by atoms with van der Waals surface area (Å²) in [5.74, 6) is 0.861. The second kappa shape index (κ2) is 8.49. The molecule has 1 aromatic heterocycles. The standard InChI is InChI=1S/C18H30N4O2S/c1-14-4-5-16(25-14)15(22-6-8-23-9-7-22)10-20-17(19-3)21-11-18(2)12-24-13-18/h4-5,15H,6-13H2,1-3H3,(H2,19,20,21). The zero-order chi connectivity index (χ0) is 17.7. The topological polar surface area (TPSA) is 58.1 Å². The number of aliphatic imine (C=N–C) groups is 1. The van der Waals surface area contributed by atoms with E-state index in [1.165, 1.54) is 9.75 Å². The number of ether oxygens (including phenoxy) is 2. The Bertz CT molecular complexity index is 579. The van der Waals surface area contributed by atoms with Crippen LogP contribution in [0.2, 0.25) is 0 Å². The van der Waals surface area contributed by atoms with Gasteiger partial charge in [-0.15, -0.1) is 11.3 Å². The van der Waals surface area contributed by atoms with Gasteiger partial charge in [0.2, 0.25) is 0 Å². The molecule has 2 fully saturated rings. The summed E-state index contributed by atoms with van der Waals surface area (Å²) in [6.45, 7) is 11.3. The predicted molar refractivity (Wildman–Crippen MR) is 102 cm³/mol. The maximum Gasteiger partial charge on any atom is 0.191 e. The van der Waals surface area contributed by atoms with Gasteiger partial charge in [-0.1, -0.05) is 6.92 Å². The molecule has 2 saturated heterocycles.